The molecule has 0 bridgehead atoms. The van der Waals surface area contributed by atoms with Crippen LogP contribution in [0, 0.1) is 0 Å². The van der Waals surface area contributed by atoms with Crippen LogP contribution in [0.25, 0.3) is 0 Å². The highest BCUT2D eigenvalue weighted by molar-refractivity contribution is 5.69. The summed E-state index contributed by atoms with van der Waals surface area (Å²) in [5, 5.41) is 0. The number of nitrogens with two attached hydrogens (primary N) is 1. The van der Waals surface area contributed by atoms with Gasteiger partial charge in [0.1, 0.15) is 13.2 Å². The molecule has 0 aromatic rings. The molecule has 2 N–H and O–H groups in total. The summed E-state index contributed by atoms with van der Waals surface area (Å²) < 4.78 is 11.3. The van der Waals surface area contributed by atoms with Crippen LogP contribution in [0.4, 0.5) is 0 Å². The maximum Gasteiger partial charge on any atom is 0.305 e. The molecule has 56 heavy (non-hydrogen) atoms. The third kappa shape index (κ3) is 36.6. The van der Waals surface area contributed by atoms with Gasteiger partial charge in [0.05, 0.1) is 0 Å². The Balaban J connectivity index is 2.16. The largest absolute Gasteiger partial charge is 0.464 e. The number of carbonyl (C=O) groups excluding carboxylic acids is 2. The summed E-state index contributed by atoms with van der Waals surface area (Å²) in [4.78, 5) is 29.8. The van der Waals surface area contributed by atoms with E-state index in [0.29, 0.717) is 45.2 Å². The van der Waals surface area contributed by atoms with E-state index in [1.54, 1.807) is 0 Å². The molecule has 0 amide bonds. The van der Waals surface area contributed by atoms with E-state index in [1.807, 2.05) is 0 Å². The minimum atomic E-state index is -0.0859. The summed E-state index contributed by atoms with van der Waals surface area (Å²) in [7, 11) is 0. The van der Waals surface area contributed by atoms with Crippen molar-refractivity contribution in [2.45, 2.75) is 225 Å². The number of unbranched alkanes of at least 4 members (excludes halogenated alkanes) is 23. The molecule has 0 aliphatic carbocycles. The molecule has 0 unspecified atom stereocenters. The fraction of sp³-hybridized carbons (Fsp3) is 0.878. The Hall–Kier alpha value is -1.70. The molecule has 1 saturated heterocycles. The molecule has 1 heterocycles. The van der Waals surface area contributed by atoms with Crippen molar-refractivity contribution in [3.05, 3.63) is 24.3 Å². The van der Waals surface area contributed by atoms with Gasteiger partial charge in [-0.25, -0.2) is 0 Å². The van der Waals surface area contributed by atoms with Crippen molar-refractivity contribution in [2.24, 2.45) is 5.73 Å². The van der Waals surface area contributed by atoms with Gasteiger partial charge in [-0.2, -0.15) is 0 Å². The molecule has 1 aliphatic heterocycles. The fourth-order valence-corrected chi connectivity index (χ4v) is 7.58. The van der Waals surface area contributed by atoms with Gasteiger partial charge in [0, 0.05) is 32.0 Å². The zero-order valence-electron chi connectivity index (χ0n) is 37.3. The topological polar surface area (TPSA) is 85.1 Å². The minimum absolute atomic E-state index is 0.0859. The van der Waals surface area contributed by atoms with Gasteiger partial charge >= 0.3 is 11.9 Å². The number of allylic oxidation sites excluding steroid dienone is 4. The van der Waals surface area contributed by atoms with E-state index in [9.17, 15) is 9.59 Å². The average molecular weight is 788 g/mol. The van der Waals surface area contributed by atoms with Gasteiger partial charge in [-0.15, -0.1) is 0 Å². The highest BCUT2D eigenvalue weighted by atomic mass is 16.5. The van der Waals surface area contributed by atoms with Crippen LogP contribution in [0.15, 0.2) is 24.3 Å². The Labute approximate surface area is 347 Å². The Morgan fingerprint density at radius 1 is 0.518 bits per heavy atom. The number of rotatable bonds is 41. The molecule has 0 radical (unpaired) electrons. The molecular formula is C49H93N3O4. The molecule has 1 aliphatic rings. The van der Waals surface area contributed by atoms with Crippen molar-refractivity contribution in [1.82, 2.24) is 9.80 Å². The van der Waals surface area contributed by atoms with E-state index < -0.39 is 0 Å². The zero-order chi connectivity index (χ0) is 40.4. The average Bonchev–Trinajstić information content (AvgIpc) is 3.20. The predicted molar refractivity (Wildman–Crippen MR) is 240 cm³/mol. The van der Waals surface area contributed by atoms with Crippen molar-refractivity contribution in [3.8, 4) is 0 Å². The minimum Gasteiger partial charge on any atom is -0.464 e. The maximum absolute atomic E-state index is 12.5. The van der Waals surface area contributed by atoms with Crippen molar-refractivity contribution >= 4 is 11.9 Å². The van der Waals surface area contributed by atoms with Crippen molar-refractivity contribution in [1.29, 1.82) is 0 Å². The van der Waals surface area contributed by atoms with E-state index >= 15 is 0 Å². The van der Waals surface area contributed by atoms with Crippen LogP contribution in [0.1, 0.15) is 219 Å². The Morgan fingerprint density at radius 3 is 1.30 bits per heavy atom. The van der Waals surface area contributed by atoms with E-state index in [1.165, 1.54) is 141 Å². The Kier molecular flexibility index (Phi) is 38.7. The molecule has 328 valence electrons. The molecule has 1 rings (SSSR count). The molecule has 1 fully saturated rings. The van der Waals surface area contributed by atoms with Gasteiger partial charge in [0.25, 0.3) is 0 Å². The monoisotopic (exact) mass is 788 g/mol. The molecule has 0 spiro atoms. The first-order valence-corrected chi connectivity index (χ1v) is 24.4. The van der Waals surface area contributed by atoms with Crippen LogP contribution in [-0.4, -0.2) is 80.3 Å². The number of carbonyl (C=O) groups is 2. The second-order valence-corrected chi connectivity index (χ2v) is 16.8. The highest BCUT2D eigenvalue weighted by Crippen LogP contribution is 2.13. The number of nitrogens with zero attached hydrogens (tertiary/aromatic N) is 2. The molecule has 7 nitrogen and oxygen atoms in total. The van der Waals surface area contributed by atoms with Crippen LogP contribution < -0.4 is 5.73 Å². The van der Waals surface area contributed by atoms with Gasteiger partial charge in [-0.3, -0.25) is 14.5 Å². The summed E-state index contributed by atoms with van der Waals surface area (Å²) in [5.41, 5.74) is 6.09. The van der Waals surface area contributed by atoms with Gasteiger partial charge in [-0.1, -0.05) is 141 Å². The van der Waals surface area contributed by atoms with Gasteiger partial charge < -0.3 is 20.1 Å². The number of hydrogen-bond donors (Lipinski definition) is 1. The molecule has 7 heteroatoms. The van der Waals surface area contributed by atoms with Crippen LogP contribution in [-0.2, 0) is 19.1 Å². The van der Waals surface area contributed by atoms with Gasteiger partial charge in [-0.05, 0) is 116 Å². The first kappa shape index (κ1) is 52.3. The van der Waals surface area contributed by atoms with Gasteiger partial charge in [0.15, 0.2) is 0 Å². The molecular weight excluding hydrogens is 695 g/mol. The summed E-state index contributed by atoms with van der Waals surface area (Å²) >= 11 is 0. The normalized spacial score (nSPS) is 14.1. The predicted octanol–water partition coefficient (Wildman–Crippen LogP) is 12.7. The molecule has 0 saturated carbocycles. The third-order valence-corrected chi connectivity index (χ3v) is 11.5. The van der Waals surface area contributed by atoms with Crippen molar-refractivity contribution < 1.29 is 19.1 Å². The van der Waals surface area contributed by atoms with E-state index in [0.717, 1.165) is 77.5 Å². The number of hydrogen-bond acceptors (Lipinski definition) is 7. The first-order chi connectivity index (χ1) is 27.5. The molecule has 0 atom stereocenters. The standard InChI is InChI=1S/C49H93N3O4/c1-3-5-7-9-11-13-15-17-19-21-23-25-27-29-31-35-48(53)55-45-43-52(40-34-33-39-51-41-37-47(50)38-42-51)44-46-56-49(54)36-32-30-28-26-24-22-20-18-16-14-12-10-8-6-4-2/h17-20,47H,3-16,21-46,50H2,1-2H3/b19-17-,20-18-. The highest BCUT2D eigenvalue weighted by Gasteiger charge is 2.16. The Morgan fingerprint density at radius 2 is 0.893 bits per heavy atom. The first-order valence-electron chi connectivity index (χ1n) is 24.4. The zero-order valence-corrected chi connectivity index (χ0v) is 37.3. The summed E-state index contributed by atoms with van der Waals surface area (Å²) in [6.45, 7) is 10.9. The summed E-state index contributed by atoms with van der Waals surface area (Å²) in [6, 6.07) is 0.362. The number of likely N-dealkylation sites (tertiary alicyclic amines) is 1. The quantitative estimate of drug-likeness (QED) is 0.0375. The Bertz CT molecular complexity index is 859. The van der Waals surface area contributed by atoms with E-state index in [-0.39, 0.29) is 11.9 Å². The second-order valence-electron chi connectivity index (χ2n) is 16.8. The van der Waals surface area contributed by atoms with E-state index in [4.69, 9.17) is 15.2 Å². The lowest BCUT2D eigenvalue weighted by Crippen LogP contribution is -2.40. The van der Waals surface area contributed by atoms with Crippen LogP contribution >= 0.6 is 0 Å². The maximum atomic E-state index is 12.5. The number of ether oxygens (including phenoxy) is 2. The SMILES string of the molecule is CCCCCCCC/C=C\CCCCCCCC(=O)OCCN(CCCCN1CCC(N)CC1)CCOC(=O)CCCCCCC/C=C\CCCCCCCC. The smallest absolute Gasteiger partial charge is 0.305 e. The lowest BCUT2D eigenvalue weighted by atomic mass is 10.1. The van der Waals surface area contributed by atoms with E-state index in [2.05, 4.69) is 48.0 Å². The van der Waals surface area contributed by atoms with Crippen molar-refractivity contribution in [3.63, 3.8) is 0 Å². The van der Waals surface area contributed by atoms with Crippen LogP contribution in [0.5, 0.6) is 0 Å². The fourth-order valence-electron chi connectivity index (χ4n) is 7.58. The second kappa shape index (κ2) is 41.5. The summed E-state index contributed by atoms with van der Waals surface area (Å²) in [6.07, 6.45) is 47.4. The molecule has 0 aromatic carbocycles. The molecule has 0 aromatic heterocycles. The number of esters is 2. The third-order valence-electron chi connectivity index (χ3n) is 11.5. The van der Waals surface area contributed by atoms with Crippen molar-refractivity contribution in [2.75, 3.05) is 52.5 Å². The van der Waals surface area contributed by atoms with Crippen LogP contribution in [0.2, 0.25) is 0 Å². The lowest BCUT2D eigenvalue weighted by molar-refractivity contribution is -0.144. The summed E-state index contributed by atoms with van der Waals surface area (Å²) in [5.74, 6) is -0.172. The lowest BCUT2D eigenvalue weighted by Gasteiger charge is -2.30. The van der Waals surface area contributed by atoms with Gasteiger partial charge in [0.2, 0.25) is 0 Å². The van der Waals surface area contributed by atoms with Crippen LogP contribution in [0.3, 0.4) is 0 Å². The number of piperidine rings is 1.